The summed E-state index contributed by atoms with van der Waals surface area (Å²) in [5.74, 6) is 1.09. The zero-order chi connectivity index (χ0) is 13.2. The number of piperidine rings is 1. The Morgan fingerprint density at radius 1 is 1.33 bits per heavy atom. The van der Waals surface area contributed by atoms with Gasteiger partial charge < -0.3 is 15.2 Å². The molecule has 18 heavy (non-hydrogen) atoms. The highest BCUT2D eigenvalue weighted by atomic mass is 16.5. The Morgan fingerprint density at radius 3 is 2.56 bits per heavy atom. The molecule has 2 unspecified atom stereocenters. The first kappa shape index (κ1) is 13.4. The van der Waals surface area contributed by atoms with Crippen molar-refractivity contribution in [2.75, 3.05) is 13.1 Å². The Labute approximate surface area is 109 Å². The van der Waals surface area contributed by atoms with Gasteiger partial charge in [0.15, 0.2) is 0 Å². The molecule has 3 nitrogen and oxygen atoms in total. The average Bonchev–Trinajstić information content (AvgIpc) is 2.33. The van der Waals surface area contributed by atoms with Crippen molar-refractivity contribution in [2.45, 2.75) is 38.9 Å². The molecule has 0 saturated carbocycles. The predicted octanol–water partition coefficient (Wildman–Crippen LogP) is 2.29. The monoisotopic (exact) mass is 249 g/mol. The third-order valence-electron chi connectivity index (χ3n) is 3.67. The van der Waals surface area contributed by atoms with Gasteiger partial charge in [-0.25, -0.2) is 0 Å². The molecule has 0 spiro atoms. The van der Waals surface area contributed by atoms with Gasteiger partial charge in [0.25, 0.3) is 0 Å². The summed E-state index contributed by atoms with van der Waals surface area (Å²) in [5.41, 5.74) is 0.286. The Balaban J connectivity index is 2.17. The molecule has 1 aromatic rings. The second kappa shape index (κ2) is 5.29. The minimum Gasteiger partial charge on any atom is -0.491 e. The molecule has 0 amide bonds. The van der Waals surface area contributed by atoms with Gasteiger partial charge in [0.05, 0.1) is 11.7 Å². The largest absolute Gasteiger partial charge is 0.491 e. The summed E-state index contributed by atoms with van der Waals surface area (Å²) >= 11 is 0. The summed E-state index contributed by atoms with van der Waals surface area (Å²) in [6.45, 7) is 7.84. The van der Waals surface area contributed by atoms with E-state index in [9.17, 15) is 5.11 Å². The van der Waals surface area contributed by atoms with Gasteiger partial charge in [0, 0.05) is 12.5 Å². The van der Waals surface area contributed by atoms with Crippen LogP contribution in [0.25, 0.3) is 0 Å². The molecule has 0 aliphatic carbocycles. The first-order valence-electron chi connectivity index (χ1n) is 6.72. The lowest BCUT2D eigenvalue weighted by atomic mass is 9.77. The number of benzene rings is 1. The van der Waals surface area contributed by atoms with Gasteiger partial charge in [-0.05, 0) is 44.5 Å². The zero-order valence-electron chi connectivity index (χ0n) is 11.4. The topological polar surface area (TPSA) is 41.5 Å². The standard InChI is InChI=1S/C15H23NO2/c1-11(2)18-14-6-4-13(5-7-14)15(17)8-9-16-10-12(15)3/h4-7,11-12,16-17H,8-10H2,1-3H3. The van der Waals surface area contributed by atoms with Crippen LogP contribution in [0.3, 0.4) is 0 Å². The number of hydrogen-bond acceptors (Lipinski definition) is 3. The smallest absolute Gasteiger partial charge is 0.119 e. The van der Waals surface area contributed by atoms with Crippen LogP contribution in [0.2, 0.25) is 0 Å². The van der Waals surface area contributed by atoms with Gasteiger partial charge in [-0.3, -0.25) is 0 Å². The molecule has 3 heteroatoms. The van der Waals surface area contributed by atoms with E-state index in [0.29, 0.717) is 0 Å². The SMILES string of the molecule is CC(C)Oc1ccc(C2(O)CCNCC2C)cc1. The van der Waals surface area contributed by atoms with Crippen LogP contribution in [0.1, 0.15) is 32.8 Å². The van der Waals surface area contributed by atoms with Gasteiger partial charge in [-0.15, -0.1) is 0 Å². The Hall–Kier alpha value is -1.06. The highest BCUT2D eigenvalue weighted by Gasteiger charge is 2.37. The third-order valence-corrected chi connectivity index (χ3v) is 3.67. The minimum absolute atomic E-state index is 0.178. The van der Waals surface area contributed by atoms with E-state index < -0.39 is 5.60 Å². The first-order valence-corrected chi connectivity index (χ1v) is 6.72. The fourth-order valence-corrected chi connectivity index (χ4v) is 2.54. The maximum atomic E-state index is 10.8. The molecule has 0 radical (unpaired) electrons. The quantitative estimate of drug-likeness (QED) is 0.863. The molecular weight excluding hydrogens is 226 g/mol. The lowest BCUT2D eigenvalue weighted by Gasteiger charge is -2.39. The first-order chi connectivity index (χ1) is 8.52. The Kier molecular flexibility index (Phi) is 3.93. The predicted molar refractivity (Wildman–Crippen MR) is 72.8 cm³/mol. The number of ether oxygens (including phenoxy) is 1. The molecule has 0 aromatic heterocycles. The van der Waals surface area contributed by atoms with Crippen LogP contribution in [-0.4, -0.2) is 24.3 Å². The van der Waals surface area contributed by atoms with Crippen molar-refractivity contribution in [2.24, 2.45) is 5.92 Å². The van der Waals surface area contributed by atoms with E-state index in [4.69, 9.17) is 4.74 Å². The van der Waals surface area contributed by atoms with Crippen LogP contribution in [0.15, 0.2) is 24.3 Å². The van der Waals surface area contributed by atoms with Crippen molar-refractivity contribution >= 4 is 0 Å². The second-order valence-corrected chi connectivity index (χ2v) is 5.47. The highest BCUT2D eigenvalue weighted by molar-refractivity contribution is 5.32. The number of nitrogens with one attached hydrogen (secondary N) is 1. The third kappa shape index (κ3) is 2.68. The maximum Gasteiger partial charge on any atom is 0.119 e. The molecule has 2 rings (SSSR count). The summed E-state index contributed by atoms with van der Waals surface area (Å²) < 4.78 is 5.62. The molecule has 2 atom stereocenters. The van der Waals surface area contributed by atoms with Gasteiger partial charge in [0.1, 0.15) is 5.75 Å². The molecule has 1 saturated heterocycles. The molecule has 1 heterocycles. The minimum atomic E-state index is -0.707. The van der Waals surface area contributed by atoms with Crippen molar-refractivity contribution in [3.8, 4) is 5.75 Å². The van der Waals surface area contributed by atoms with Crippen LogP contribution in [0, 0.1) is 5.92 Å². The van der Waals surface area contributed by atoms with Crippen LogP contribution in [0.4, 0.5) is 0 Å². The summed E-state index contributed by atoms with van der Waals surface area (Å²) in [6.07, 6.45) is 0.940. The van der Waals surface area contributed by atoms with E-state index in [1.807, 2.05) is 38.1 Å². The molecule has 0 bridgehead atoms. The fraction of sp³-hybridized carbons (Fsp3) is 0.600. The second-order valence-electron chi connectivity index (χ2n) is 5.47. The van der Waals surface area contributed by atoms with Crippen molar-refractivity contribution in [1.29, 1.82) is 0 Å². The lowest BCUT2D eigenvalue weighted by molar-refractivity contribution is -0.0392. The van der Waals surface area contributed by atoms with Crippen LogP contribution in [0.5, 0.6) is 5.75 Å². The summed E-state index contributed by atoms with van der Waals surface area (Å²) in [7, 11) is 0. The summed E-state index contributed by atoms with van der Waals surface area (Å²) in [5, 5.41) is 14.1. The molecule has 100 valence electrons. The summed E-state index contributed by atoms with van der Waals surface area (Å²) in [6, 6.07) is 7.86. The number of hydrogen-bond donors (Lipinski definition) is 2. The van der Waals surface area contributed by atoms with Gasteiger partial charge in [0.2, 0.25) is 0 Å². The summed E-state index contributed by atoms with van der Waals surface area (Å²) in [4.78, 5) is 0. The molecule has 1 fully saturated rings. The molecule has 1 aliphatic heterocycles. The van der Waals surface area contributed by atoms with Crippen molar-refractivity contribution in [1.82, 2.24) is 5.32 Å². The van der Waals surface area contributed by atoms with E-state index in [0.717, 1.165) is 30.8 Å². The fourth-order valence-electron chi connectivity index (χ4n) is 2.54. The van der Waals surface area contributed by atoms with Gasteiger partial charge in [-0.2, -0.15) is 0 Å². The van der Waals surface area contributed by atoms with Crippen molar-refractivity contribution in [3.63, 3.8) is 0 Å². The highest BCUT2D eigenvalue weighted by Crippen LogP contribution is 2.35. The van der Waals surface area contributed by atoms with E-state index in [1.165, 1.54) is 0 Å². The van der Waals surface area contributed by atoms with Crippen LogP contribution >= 0.6 is 0 Å². The van der Waals surface area contributed by atoms with E-state index in [-0.39, 0.29) is 12.0 Å². The van der Waals surface area contributed by atoms with Crippen LogP contribution in [-0.2, 0) is 5.60 Å². The molecule has 1 aliphatic rings. The van der Waals surface area contributed by atoms with Crippen LogP contribution < -0.4 is 10.1 Å². The lowest BCUT2D eigenvalue weighted by Crippen LogP contribution is -2.46. The maximum absolute atomic E-state index is 10.8. The normalized spacial score (nSPS) is 28.4. The number of aliphatic hydroxyl groups is 1. The molecule has 2 N–H and O–H groups in total. The van der Waals surface area contributed by atoms with Gasteiger partial charge in [-0.1, -0.05) is 19.1 Å². The Morgan fingerprint density at radius 2 is 2.00 bits per heavy atom. The zero-order valence-corrected chi connectivity index (χ0v) is 11.4. The van der Waals surface area contributed by atoms with E-state index >= 15 is 0 Å². The van der Waals surface area contributed by atoms with E-state index in [2.05, 4.69) is 12.2 Å². The van der Waals surface area contributed by atoms with E-state index in [1.54, 1.807) is 0 Å². The van der Waals surface area contributed by atoms with Crippen molar-refractivity contribution < 1.29 is 9.84 Å². The molecule has 1 aromatic carbocycles. The molecular formula is C15H23NO2. The average molecular weight is 249 g/mol. The Bertz CT molecular complexity index is 388. The number of rotatable bonds is 3. The van der Waals surface area contributed by atoms with Crippen molar-refractivity contribution in [3.05, 3.63) is 29.8 Å². The van der Waals surface area contributed by atoms with Gasteiger partial charge >= 0.3 is 0 Å².